The van der Waals surface area contributed by atoms with Crippen LogP contribution in [0.4, 0.5) is 5.69 Å². The van der Waals surface area contributed by atoms with Gasteiger partial charge < -0.3 is 14.5 Å². The molecule has 0 radical (unpaired) electrons. The summed E-state index contributed by atoms with van der Waals surface area (Å²) in [6.45, 7) is 7.46. The summed E-state index contributed by atoms with van der Waals surface area (Å²) >= 11 is 1.76. The monoisotopic (exact) mass is 622 g/mol. The summed E-state index contributed by atoms with van der Waals surface area (Å²) in [5.41, 5.74) is 1.72. The summed E-state index contributed by atoms with van der Waals surface area (Å²) < 4.78 is 6.13. The third-order valence-corrected chi connectivity index (χ3v) is 11.2. The van der Waals surface area contributed by atoms with E-state index in [1.54, 1.807) is 11.8 Å². The Balaban J connectivity index is 1.03. The predicted octanol–water partition coefficient (Wildman–Crippen LogP) is 7.74. The molecule has 3 heterocycles. The minimum atomic E-state index is -0.651. The molecule has 6 nitrogen and oxygen atoms in total. The highest BCUT2D eigenvalue weighted by Gasteiger charge is 2.45. The molecule has 2 saturated heterocycles. The molecule has 0 amide bonds. The van der Waals surface area contributed by atoms with Crippen LogP contribution >= 0.6 is 11.8 Å². The van der Waals surface area contributed by atoms with Gasteiger partial charge in [0.05, 0.1) is 17.4 Å². The molecule has 3 fully saturated rings. The normalized spacial score (nSPS) is 20.0. The minimum Gasteiger partial charge on any atom is -0.462 e. The quantitative estimate of drug-likeness (QED) is 0.181. The second-order valence-corrected chi connectivity index (χ2v) is 14.4. The van der Waals surface area contributed by atoms with Crippen molar-refractivity contribution in [2.24, 2.45) is 17.8 Å². The van der Waals surface area contributed by atoms with Gasteiger partial charge in [0, 0.05) is 59.8 Å². The Morgan fingerprint density at radius 1 is 1.00 bits per heavy atom. The van der Waals surface area contributed by atoms with Gasteiger partial charge in [-0.1, -0.05) is 61.9 Å². The molecule has 2 aromatic carbocycles. The van der Waals surface area contributed by atoms with Crippen LogP contribution < -0.4 is 4.90 Å². The van der Waals surface area contributed by atoms with E-state index >= 15 is 0 Å². The Morgan fingerprint density at radius 3 is 2.31 bits per heavy atom. The maximum Gasteiger partial charge on any atom is 0.309 e. The molecule has 0 bridgehead atoms. The second kappa shape index (κ2) is 14.8. The van der Waals surface area contributed by atoms with E-state index in [1.807, 2.05) is 42.7 Å². The zero-order valence-corrected chi connectivity index (χ0v) is 27.3. The fourth-order valence-corrected chi connectivity index (χ4v) is 8.18. The highest BCUT2D eigenvalue weighted by molar-refractivity contribution is 7.99. The van der Waals surface area contributed by atoms with Crippen LogP contribution in [0.1, 0.15) is 63.9 Å². The number of hydrogen-bond acceptors (Lipinski definition) is 7. The Kier molecular flexibility index (Phi) is 10.4. The van der Waals surface area contributed by atoms with Crippen LogP contribution in [-0.4, -0.2) is 54.7 Å². The molecule has 1 aromatic heterocycles. The molecule has 0 spiro atoms. The summed E-state index contributed by atoms with van der Waals surface area (Å²) in [7, 11) is 0. The number of nitrogens with zero attached hydrogens (tertiary/aromatic N) is 4. The SMILES string of the molecule is CCCC(CC(C#N)(c1ccccc1)C1CCN(CC2CN(c3ccc(Sc4ccncc4)cc3)C2)CC1)OC(=O)C1CCC1. The van der Waals surface area contributed by atoms with Gasteiger partial charge in [0.2, 0.25) is 0 Å². The summed E-state index contributed by atoms with van der Waals surface area (Å²) in [4.78, 5) is 24.5. The molecule has 7 heteroatoms. The summed E-state index contributed by atoms with van der Waals surface area (Å²) in [5, 5.41) is 10.9. The molecule has 0 N–H and O–H groups in total. The lowest BCUT2D eigenvalue weighted by Gasteiger charge is -2.46. The molecule has 2 atom stereocenters. The van der Waals surface area contributed by atoms with E-state index in [2.05, 4.69) is 64.2 Å². The van der Waals surface area contributed by atoms with E-state index in [4.69, 9.17) is 4.74 Å². The van der Waals surface area contributed by atoms with Crippen LogP contribution in [0.3, 0.4) is 0 Å². The molecule has 1 aliphatic carbocycles. The molecule has 45 heavy (non-hydrogen) atoms. The molecule has 1 saturated carbocycles. The first kappa shape index (κ1) is 31.6. The topological polar surface area (TPSA) is 69.5 Å². The van der Waals surface area contributed by atoms with Crippen LogP contribution in [0.25, 0.3) is 0 Å². The molecular formula is C38H46N4O2S. The number of hydrogen-bond donors (Lipinski definition) is 0. The first-order valence-electron chi connectivity index (χ1n) is 16.9. The molecular weight excluding hydrogens is 577 g/mol. The standard InChI is InChI=1S/C38H46N4O2S/c1-2-7-34(44-37(43)30-8-6-9-30)24-38(28-39,31-10-4-3-5-11-31)32-18-22-41(23-19-32)25-29-26-42(27-29)33-12-14-35(15-13-33)45-36-16-20-40-21-17-36/h3-5,10-17,20-21,29-30,32,34H,2,6-9,18-19,22-27H2,1H3. The fraction of sp³-hybridized carbons (Fsp3) is 0.500. The zero-order chi connectivity index (χ0) is 31.1. The van der Waals surface area contributed by atoms with Crippen molar-refractivity contribution in [1.29, 1.82) is 5.26 Å². The number of esters is 1. The number of carbonyl (C=O) groups is 1. The zero-order valence-electron chi connectivity index (χ0n) is 26.5. The second-order valence-electron chi connectivity index (χ2n) is 13.3. The largest absolute Gasteiger partial charge is 0.462 e. The smallest absolute Gasteiger partial charge is 0.309 e. The number of piperidine rings is 1. The number of anilines is 1. The lowest BCUT2D eigenvalue weighted by molar-refractivity contribution is -0.158. The van der Waals surface area contributed by atoms with Gasteiger partial charge in [0.15, 0.2) is 0 Å². The van der Waals surface area contributed by atoms with Crippen molar-refractivity contribution in [3.8, 4) is 6.07 Å². The van der Waals surface area contributed by atoms with Crippen LogP contribution in [0.15, 0.2) is 88.9 Å². The van der Waals surface area contributed by atoms with Crippen molar-refractivity contribution in [3.63, 3.8) is 0 Å². The van der Waals surface area contributed by atoms with Crippen LogP contribution in [-0.2, 0) is 14.9 Å². The minimum absolute atomic E-state index is 0.0521. The number of aromatic nitrogens is 1. The molecule has 3 aromatic rings. The third-order valence-electron chi connectivity index (χ3n) is 10.2. The molecule has 3 aliphatic rings. The van der Waals surface area contributed by atoms with Gasteiger partial charge in [-0.2, -0.15) is 5.26 Å². The molecule has 2 unspecified atom stereocenters. The number of rotatable bonds is 13. The first-order chi connectivity index (χ1) is 22.1. The van der Waals surface area contributed by atoms with E-state index < -0.39 is 5.41 Å². The number of pyridine rings is 1. The van der Waals surface area contributed by atoms with Gasteiger partial charge in [-0.15, -0.1) is 0 Å². The van der Waals surface area contributed by atoms with E-state index in [0.29, 0.717) is 12.3 Å². The molecule has 2 aliphatic heterocycles. The fourth-order valence-electron chi connectivity index (χ4n) is 7.38. The lowest BCUT2D eigenvalue weighted by atomic mass is 9.64. The Bertz CT molecular complexity index is 1410. The summed E-state index contributed by atoms with van der Waals surface area (Å²) in [6, 6.07) is 26.1. The number of nitriles is 1. The van der Waals surface area contributed by atoms with Crippen LogP contribution in [0.2, 0.25) is 0 Å². The first-order valence-corrected chi connectivity index (χ1v) is 17.7. The van der Waals surface area contributed by atoms with Crippen molar-refractivity contribution in [3.05, 3.63) is 84.7 Å². The van der Waals surface area contributed by atoms with Crippen LogP contribution in [0.5, 0.6) is 0 Å². The summed E-state index contributed by atoms with van der Waals surface area (Å²) in [6.07, 6.45) is 10.8. The molecule has 6 rings (SSSR count). The van der Waals surface area contributed by atoms with E-state index in [9.17, 15) is 10.1 Å². The van der Waals surface area contributed by atoms with Gasteiger partial charge in [0.1, 0.15) is 6.10 Å². The van der Waals surface area contributed by atoms with Crippen molar-refractivity contribution in [2.45, 2.75) is 79.6 Å². The summed E-state index contributed by atoms with van der Waals surface area (Å²) in [5.74, 6) is 0.911. The van der Waals surface area contributed by atoms with Gasteiger partial charge in [-0.3, -0.25) is 9.78 Å². The maximum atomic E-state index is 12.9. The number of benzene rings is 2. The van der Waals surface area contributed by atoms with E-state index in [1.165, 1.54) is 15.5 Å². The molecule has 236 valence electrons. The number of likely N-dealkylation sites (tertiary alicyclic amines) is 1. The average Bonchev–Trinajstić information content (AvgIpc) is 3.02. The van der Waals surface area contributed by atoms with Crippen molar-refractivity contribution in [2.75, 3.05) is 37.6 Å². The van der Waals surface area contributed by atoms with Gasteiger partial charge in [0.25, 0.3) is 0 Å². The van der Waals surface area contributed by atoms with E-state index in [-0.39, 0.29) is 23.9 Å². The van der Waals surface area contributed by atoms with Crippen LogP contribution in [0, 0.1) is 29.1 Å². The lowest BCUT2D eigenvalue weighted by Crippen LogP contribution is -2.53. The average molecular weight is 623 g/mol. The maximum absolute atomic E-state index is 12.9. The Labute approximate surface area is 273 Å². The number of ether oxygens (including phenoxy) is 1. The van der Waals surface area contributed by atoms with Crippen molar-refractivity contribution in [1.82, 2.24) is 9.88 Å². The highest BCUT2D eigenvalue weighted by atomic mass is 32.2. The Hall–Kier alpha value is -3.34. The number of carbonyl (C=O) groups excluding carboxylic acids is 1. The van der Waals surface area contributed by atoms with E-state index in [0.717, 1.165) is 83.2 Å². The highest BCUT2D eigenvalue weighted by Crippen LogP contribution is 2.44. The third kappa shape index (κ3) is 7.56. The Morgan fingerprint density at radius 2 is 1.69 bits per heavy atom. The van der Waals surface area contributed by atoms with Crippen molar-refractivity contribution >= 4 is 23.4 Å². The van der Waals surface area contributed by atoms with Gasteiger partial charge in [-0.05, 0) is 93.1 Å². The van der Waals surface area contributed by atoms with Crippen molar-refractivity contribution < 1.29 is 9.53 Å². The van der Waals surface area contributed by atoms with Gasteiger partial charge in [-0.25, -0.2) is 0 Å². The predicted molar refractivity (Wildman–Crippen MR) is 180 cm³/mol. The van der Waals surface area contributed by atoms with Gasteiger partial charge >= 0.3 is 5.97 Å².